The number of amides is 1. The zero-order chi connectivity index (χ0) is 19.3. The summed E-state index contributed by atoms with van der Waals surface area (Å²) < 4.78 is 1.62. The molecule has 0 spiro atoms. The van der Waals surface area contributed by atoms with E-state index < -0.39 is 0 Å². The molecule has 6 rings (SSSR count). The van der Waals surface area contributed by atoms with E-state index in [4.69, 9.17) is 0 Å². The Morgan fingerprint density at radius 3 is 2.36 bits per heavy atom. The fraction of sp³-hybridized carbons (Fsp3) is 0.609. The fourth-order valence-electron chi connectivity index (χ4n) is 5.84. The molecule has 0 aromatic carbocycles. The van der Waals surface area contributed by atoms with Gasteiger partial charge in [0.05, 0.1) is 0 Å². The monoisotopic (exact) mass is 382 g/mol. The van der Waals surface area contributed by atoms with Gasteiger partial charge in [-0.1, -0.05) is 18.2 Å². The Bertz CT molecular complexity index is 813. The highest BCUT2D eigenvalue weighted by Crippen LogP contribution is 2.53. The van der Waals surface area contributed by atoms with Crippen molar-refractivity contribution in [3.8, 4) is 11.8 Å². The van der Waals surface area contributed by atoms with Crippen LogP contribution in [-0.2, 0) is 11.3 Å². The average Bonchev–Trinajstić information content (AvgIpc) is 3.01. The van der Waals surface area contributed by atoms with Crippen molar-refractivity contribution >= 4 is 5.91 Å². The van der Waals surface area contributed by atoms with Crippen LogP contribution in [0, 0.1) is 5.92 Å². The Hall–Kier alpha value is -2.17. The predicted molar refractivity (Wildman–Crippen MR) is 107 cm³/mol. The number of carbonyl (C=O) groups is 1. The summed E-state index contributed by atoms with van der Waals surface area (Å²) in [5.41, 5.74) is 3.08. The molecule has 1 saturated heterocycles. The van der Waals surface area contributed by atoms with E-state index >= 15 is 0 Å². The van der Waals surface area contributed by atoms with Gasteiger partial charge in [0.1, 0.15) is 0 Å². The van der Waals surface area contributed by atoms with Gasteiger partial charge >= 0.3 is 0 Å². The lowest BCUT2D eigenvalue weighted by atomic mass is 9.73. The Morgan fingerprint density at radius 1 is 1.00 bits per heavy atom. The van der Waals surface area contributed by atoms with Crippen molar-refractivity contribution < 1.29 is 15.0 Å². The number of allylic oxidation sites excluding steroid dienone is 4. The Morgan fingerprint density at radius 2 is 1.68 bits per heavy atom. The molecule has 1 aromatic heterocycles. The van der Waals surface area contributed by atoms with Crippen molar-refractivity contribution in [1.29, 1.82) is 0 Å². The first-order valence-corrected chi connectivity index (χ1v) is 11.0. The van der Waals surface area contributed by atoms with Gasteiger partial charge in [-0.3, -0.25) is 9.36 Å². The van der Waals surface area contributed by atoms with Crippen molar-refractivity contribution in [3.05, 3.63) is 35.1 Å². The summed E-state index contributed by atoms with van der Waals surface area (Å²) in [6, 6.07) is 0. The second kappa shape index (κ2) is 7.02. The van der Waals surface area contributed by atoms with Crippen molar-refractivity contribution in [2.45, 2.75) is 76.2 Å². The van der Waals surface area contributed by atoms with Gasteiger partial charge in [-0.25, -0.2) is 0 Å². The number of fused-ring (bicyclic) bond motifs is 2. The maximum absolute atomic E-state index is 12.9. The number of likely N-dealkylation sites (tertiary alicyclic amines) is 1. The molecule has 2 bridgehead atoms. The molecule has 5 nitrogen and oxygen atoms in total. The van der Waals surface area contributed by atoms with E-state index in [0.29, 0.717) is 25.3 Å². The molecule has 5 aliphatic rings. The van der Waals surface area contributed by atoms with E-state index in [2.05, 4.69) is 18.2 Å². The van der Waals surface area contributed by atoms with Crippen LogP contribution in [0.3, 0.4) is 0 Å². The van der Waals surface area contributed by atoms with Gasteiger partial charge < -0.3 is 15.1 Å². The van der Waals surface area contributed by atoms with Gasteiger partial charge in [0.2, 0.25) is 5.91 Å². The van der Waals surface area contributed by atoms with E-state index in [0.717, 1.165) is 43.4 Å². The Balaban J connectivity index is 1.26. The van der Waals surface area contributed by atoms with Crippen LogP contribution in [0.15, 0.2) is 23.9 Å². The lowest BCUT2D eigenvalue weighted by molar-refractivity contribution is -0.130. The first kappa shape index (κ1) is 17.9. The molecule has 1 aliphatic heterocycles. The van der Waals surface area contributed by atoms with Crippen molar-refractivity contribution in [2.24, 2.45) is 5.92 Å². The molecule has 1 amide bonds. The minimum atomic E-state index is 0.190. The number of hydrogen-bond donors (Lipinski definition) is 2. The second-order valence-corrected chi connectivity index (χ2v) is 8.85. The molecule has 5 heteroatoms. The maximum Gasteiger partial charge on any atom is 0.226 e. The quantitative estimate of drug-likeness (QED) is 0.753. The number of aromatic nitrogens is 1. The topological polar surface area (TPSA) is 65.7 Å². The van der Waals surface area contributed by atoms with E-state index in [1.54, 1.807) is 4.57 Å². The summed E-state index contributed by atoms with van der Waals surface area (Å²) in [6.45, 7) is 1.32. The van der Waals surface area contributed by atoms with Crippen molar-refractivity contribution in [2.75, 3.05) is 6.54 Å². The van der Waals surface area contributed by atoms with Gasteiger partial charge in [-0.2, -0.15) is 0 Å². The molecular formula is C23H30N2O3. The smallest absolute Gasteiger partial charge is 0.226 e. The molecule has 3 unspecified atom stereocenters. The number of rotatable bonds is 4. The number of hydrogen-bond acceptors (Lipinski definition) is 3. The highest BCUT2D eigenvalue weighted by Gasteiger charge is 2.37. The summed E-state index contributed by atoms with van der Waals surface area (Å²) >= 11 is 0. The minimum absolute atomic E-state index is 0.190. The number of nitrogens with zero attached hydrogens (tertiary/aromatic N) is 2. The van der Waals surface area contributed by atoms with Crippen LogP contribution in [-0.4, -0.2) is 32.1 Å². The predicted octanol–water partition coefficient (Wildman–Crippen LogP) is 4.52. The van der Waals surface area contributed by atoms with Gasteiger partial charge in [0, 0.05) is 48.2 Å². The molecule has 0 radical (unpaired) electrons. The van der Waals surface area contributed by atoms with Crippen molar-refractivity contribution in [1.82, 2.24) is 9.47 Å². The first-order chi connectivity index (χ1) is 13.6. The molecule has 3 atom stereocenters. The molecule has 2 heterocycles. The Labute approximate surface area is 166 Å². The molecule has 2 N–H and O–H groups in total. The van der Waals surface area contributed by atoms with Crippen LogP contribution in [0.4, 0.5) is 0 Å². The highest BCUT2D eigenvalue weighted by atomic mass is 16.3. The Kier molecular flexibility index (Phi) is 4.48. The number of piperidine rings is 1. The van der Waals surface area contributed by atoms with E-state index in [1.165, 1.54) is 25.0 Å². The minimum Gasteiger partial charge on any atom is -0.494 e. The second-order valence-electron chi connectivity index (χ2n) is 8.85. The van der Waals surface area contributed by atoms with Gasteiger partial charge in [-0.05, 0) is 57.3 Å². The highest BCUT2D eigenvalue weighted by molar-refractivity contribution is 5.78. The van der Waals surface area contributed by atoms with Crippen LogP contribution in [0.2, 0.25) is 0 Å². The molecule has 1 fully saturated rings. The molecule has 28 heavy (non-hydrogen) atoms. The summed E-state index contributed by atoms with van der Waals surface area (Å²) in [5.74, 6) is 1.60. The summed E-state index contributed by atoms with van der Waals surface area (Å²) in [4.78, 5) is 14.9. The molecule has 4 aliphatic carbocycles. The van der Waals surface area contributed by atoms with Gasteiger partial charge in [-0.15, -0.1) is 0 Å². The largest absolute Gasteiger partial charge is 0.494 e. The number of carbonyl (C=O) groups excluding carboxylic acids is 1. The standard InChI is InChI=1S/C23H30N2O3/c26-19(24-13-3-6-15-5-1-2-7-18(15)24)8-4-14-25-22(27)20-16-9-10-17(12-11-16)21(20)23(25)28/h7,9-10,15-17,27-28H,1-6,8,11-14H2. The summed E-state index contributed by atoms with van der Waals surface area (Å²) in [5, 5.41) is 21.4. The lowest BCUT2D eigenvalue weighted by Crippen LogP contribution is -2.38. The zero-order valence-electron chi connectivity index (χ0n) is 16.4. The third kappa shape index (κ3) is 2.78. The van der Waals surface area contributed by atoms with Crippen LogP contribution in [0.5, 0.6) is 11.8 Å². The lowest BCUT2D eigenvalue weighted by Gasteiger charge is -2.38. The molecule has 1 aromatic rings. The molecule has 0 saturated carbocycles. The zero-order valence-corrected chi connectivity index (χ0v) is 16.4. The molecule has 150 valence electrons. The van der Waals surface area contributed by atoms with Crippen LogP contribution < -0.4 is 0 Å². The van der Waals surface area contributed by atoms with Crippen LogP contribution >= 0.6 is 0 Å². The van der Waals surface area contributed by atoms with Crippen molar-refractivity contribution in [3.63, 3.8) is 0 Å². The van der Waals surface area contributed by atoms with E-state index in [1.807, 2.05) is 4.90 Å². The SMILES string of the molecule is O=C(CCCn1c(O)c2c(c1O)C1C=CC2CC1)N1CCCC2CCCC=C21. The van der Waals surface area contributed by atoms with E-state index in [9.17, 15) is 15.0 Å². The fourth-order valence-corrected chi connectivity index (χ4v) is 5.84. The average molecular weight is 383 g/mol. The van der Waals surface area contributed by atoms with E-state index in [-0.39, 0.29) is 29.5 Å². The third-order valence-corrected chi connectivity index (χ3v) is 7.24. The van der Waals surface area contributed by atoms with Crippen LogP contribution in [0.1, 0.15) is 80.8 Å². The molecular weight excluding hydrogens is 352 g/mol. The normalized spacial score (nSPS) is 28.1. The summed E-state index contributed by atoms with van der Waals surface area (Å²) in [7, 11) is 0. The first-order valence-electron chi connectivity index (χ1n) is 11.0. The van der Waals surface area contributed by atoms with Gasteiger partial charge in [0.15, 0.2) is 11.8 Å². The van der Waals surface area contributed by atoms with Crippen LogP contribution in [0.25, 0.3) is 0 Å². The number of aromatic hydroxyl groups is 2. The summed E-state index contributed by atoms with van der Waals surface area (Å²) in [6.07, 6.45) is 15.6. The third-order valence-electron chi connectivity index (χ3n) is 7.24. The maximum atomic E-state index is 12.9. The van der Waals surface area contributed by atoms with Gasteiger partial charge in [0.25, 0.3) is 0 Å².